The third-order valence-corrected chi connectivity index (χ3v) is 5.09. The predicted octanol–water partition coefficient (Wildman–Crippen LogP) is 0.700. The third kappa shape index (κ3) is 3.14. The molecule has 0 saturated carbocycles. The summed E-state index contributed by atoms with van der Waals surface area (Å²) in [4.78, 5) is 7.08. The molecule has 25 heavy (non-hydrogen) atoms. The van der Waals surface area contributed by atoms with Crippen molar-refractivity contribution in [3.8, 4) is 0 Å². The molecule has 3 aliphatic rings. The molecule has 1 atom stereocenters. The molecule has 1 unspecified atom stereocenters. The first-order chi connectivity index (χ1) is 12.1. The van der Waals surface area contributed by atoms with E-state index in [-0.39, 0.29) is 0 Å². The quantitative estimate of drug-likeness (QED) is 0.785. The van der Waals surface area contributed by atoms with Crippen molar-refractivity contribution in [2.24, 2.45) is 23.8 Å². The van der Waals surface area contributed by atoms with Gasteiger partial charge in [0.1, 0.15) is 17.7 Å². The number of rotatable bonds is 4. The standard InChI is InChI=1S/C17H26N8/c1-3-23-6-4-5-13(8-23)9-25-15-11-24(18)12-19-17(15)16(21-25)14-7-20-22(2)10-14/h7,10-13,21H,3-6,8-9,18H2,1-2H3. The summed E-state index contributed by atoms with van der Waals surface area (Å²) in [6, 6.07) is 0. The van der Waals surface area contributed by atoms with E-state index in [0.717, 1.165) is 42.3 Å². The van der Waals surface area contributed by atoms with Crippen LogP contribution in [0, 0.1) is 5.92 Å². The van der Waals surface area contributed by atoms with Crippen molar-refractivity contribution in [3.05, 3.63) is 35.6 Å². The number of nitrogens with zero attached hydrogens (tertiary/aromatic N) is 6. The molecule has 1 aromatic heterocycles. The molecular formula is C17H26N8. The van der Waals surface area contributed by atoms with Gasteiger partial charge >= 0.3 is 0 Å². The van der Waals surface area contributed by atoms with E-state index in [4.69, 9.17) is 5.84 Å². The van der Waals surface area contributed by atoms with Crippen LogP contribution in [-0.4, -0.2) is 57.2 Å². The second-order valence-electron chi connectivity index (χ2n) is 6.96. The summed E-state index contributed by atoms with van der Waals surface area (Å²) in [5.74, 6) is 6.56. The van der Waals surface area contributed by atoms with Crippen molar-refractivity contribution in [1.29, 1.82) is 0 Å². The molecule has 0 spiro atoms. The number of nitrogens with two attached hydrogens (primary N) is 1. The number of likely N-dealkylation sites (tertiary alicyclic amines) is 1. The van der Waals surface area contributed by atoms with Gasteiger partial charge in [-0.3, -0.25) is 20.1 Å². The fourth-order valence-electron chi connectivity index (χ4n) is 3.81. The average molecular weight is 342 g/mol. The van der Waals surface area contributed by atoms with E-state index in [1.54, 1.807) is 11.0 Å². The number of nitrogens with one attached hydrogen (secondary N) is 1. The second-order valence-corrected chi connectivity index (χ2v) is 6.96. The van der Waals surface area contributed by atoms with Crippen molar-refractivity contribution in [2.45, 2.75) is 19.8 Å². The highest BCUT2D eigenvalue weighted by Gasteiger charge is 2.32. The number of aryl methyl sites for hydroxylation is 1. The zero-order valence-corrected chi connectivity index (χ0v) is 14.9. The summed E-state index contributed by atoms with van der Waals surface area (Å²) in [5.41, 5.74) is 7.52. The van der Waals surface area contributed by atoms with Crippen LogP contribution < -0.4 is 11.3 Å². The zero-order chi connectivity index (χ0) is 17.4. The van der Waals surface area contributed by atoms with Gasteiger partial charge in [0.15, 0.2) is 0 Å². The van der Waals surface area contributed by atoms with E-state index < -0.39 is 0 Å². The molecule has 0 amide bonds. The van der Waals surface area contributed by atoms with Gasteiger partial charge in [-0.05, 0) is 31.8 Å². The lowest BCUT2D eigenvalue weighted by Gasteiger charge is -2.35. The Morgan fingerprint density at radius 3 is 3.04 bits per heavy atom. The van der Waals surface area contributed by atoms with E-state index in [1.807, 2.05) is 25.6 Å². The first-order valence-electron chi connectivity index (χ1n) is 8.93. The number of fused-ring (bicyclic) bond motifs is 1. The van der Waals surface area contributed by atoms with Gasteiger partial charge in [-0.25, -0.2) is 10.8 Å². The van der Waals surface area contributed by atoms with Gasteiger partial charge in [0.05, 0.1) is 11.9 Å². The molecule has 1 saturated heterocycles. The molecular weight excluding hydrogens is 316 g/mol. The summed E-state index contributed by atoms with van der Waals surface area (Å²) in [5, 5.41) is 7.99. The van der Waals surface area contributed by atoms with Crippen LogP contribution in [-0.2, 0) is 7.05 Å². The Labute approximate surface area is 148 Å². The predicted molar refractivity (Wildman–Crippen MR) is 97.4 cm³/mol. The Hall–Kier alpha value is -2.32. The van der Waals surface area contributed by atoms with Crippen LogP contribution in [0.2, 0.25) is 0 Å². The lowest BCUT2D eigenvalue weighted by molar-refractivity contribution is 0.144. The maximum Gasteiger partial charge on any atom is 0.117 e. The van der Waals surface area contributed by atoms with Gasteiger partial charge in [-0.2, -0.15) is 5.10 Å². The van der Waals surface area contributed by atoms with Crippen molar-refractivity contribution in [2.75, 3.05) is 26.2 Å². The molecule has 3 N–H and O–H groups in total. The summed E-state index contributed by atoms with van der Waals surface area (Å²) in [7, 11) is 1.92. The van der Waals surface area contributed by atoms with Crippen molar-refractivity contribution in [1.82, 2.24) is 30.1 Å². The molecule has 3 aliphatic heterocycles. The van der Waals surface area contributed by atoms with Crippen molar-refractivity contribution < 1.29 is 0 Å². The number of aliphatic imine (C=N–C) groups is 1. The molecule has 0 radical (unpaired) electrons. The monoisotopic (exact) mass is 342 g/mol. The molecule has 1 aromatic rings. The minimum absolute atomic E-state index is 0.633. The van der Waals surface area contributed by atoms with Crippen LogP contribution in [0.15, 0.2) is 35.0 Å². The maximum atomic E-state index is 5.92. The Bertz CT molecular complexity index is 731. The summed E-state index contributed by atoms with van der Waals surface area (Å²) in [6.07, 6.45) is 9.96. The van der Waals surface area contributed by atoms with Gasteiger partial charge in [0.2, 0.25) is 0 Å². The minimum atomic E-state index is 0.633. The Kier molecular flexibility index (Phi) is 4.22. The smallest absolute Gasteiger partial charge is 0.117 e. The normalized spacial score (nSPS) is 23.8. The molecule has 4 rings (SSSR count). The molecule has 0 aliphatic carbocycles. The van der Waals surface area contributed by atoms with E-state index in [9.17, 15) is 0 Å². The second kappa shape index (κ2) is 6.53. The lowest BCUT2D eigenvalue weighted by atomic mass is 9.97. The Morgan fingerprint density at radius 1 is 1.40 bits per heavy atom. The number of hydrogen-bond acceptors (Lipinski definition) is 7. The zero-order valence-electron chi connectivity index (χ0n) is 14.9. The van der Waals surface area contributed by atoms with Gasteiger partial charge in [-0.1, -0.05) is 6.92 Å². The van der Waals surface area contributed by atoms with Crippen molar-refractivity contribution >= 4 is 12.0 Å². The highest BCUT2D eigenvalue weighted by Crippen LogP contribution is 2.34. The topological polar surface area (TPSA) is 78.0 Å². The summed E-state index contributed by atoms with van der Waals surface area (Å²) >= 11 is 0. The van der Waals surface area contributed by atoms with Crippen LogP contribution in [0.1, 0.15) is 25.3 Å². The van der Waals surface area contributed by atoms with E-state index in [2.05, 4.69) is 32.3 Å². The summed E-state index contributed by atoms with van der Waals surface area (Å²) < 4.78 is 1.80. The molecule has 0 bridgehead atoms. The third-order valence-electron chi connectivity index (χ3n) is 5.09. The van der Waals surface area contributed by atoms with E-state index in [1.165, 1.54) is 24.4 Å². The van der Waals surface area contributed by atoms with Gasteiger partial charge < -0.3 is 4.90 Å². The van der Waals surface area contributed by atoms with Crippen LogP contribution >= 0.6 is 0 Å². The first kappa shape index (κ1) is 16.2. The van der Waals surface area contributed by atoms with Gasteiger partial charge in [0.25, 0.3) is 0 Å². The van der Waals surface area contributed by atoms with Crippen LogP contribution in [0.3, 0.4) is 0 Å². The van der Waals surface area contributed by atoms with E-state index in [0.29, 0.717) is 5.92 Å². The Balaban J connectivity index is 1.57. The number of hydrogen-bond donors (Lipinski definition) is 2. The van der Waals surface area contributed by atoms with Gasteiger partial charge in [0, 0.05) is 38.1 Å². The first-order valence-corrected chi connectivity index (χ1v) is 8.93. The van der Waals surface area contributed by atoms with Crippen LogP contribution in [0.4, 0.5) is 0 Å². The SMILES string of the molecule is CCN1CCCC(CN2NC(c3cnn(C)c3)=C3N=CN(N)C=C32)C1. The van der Waals surface area contributed by atoms with E-state index >= 15 is 0 Å². The molecule has 4 heterocycles. The number of hydrazine groups is 2. The minimum Gasteiger partial charge on any atom is -0.303 e. The molecule has 0 aromatic carbocycles. The largest absolute Gasteiger partial charge is 0.303 e. The average Bonchev–Trinajstić information content (AvgIpc) is 3.19. The molecule has 8 nitrogen and oxygen atoms in total. The fraction of sp³-hybridized carbons (Fsp3) is 0.529. The fourth-order valence-corrected chi connectivity index (χ4v) is 3.81. The molecule has 8 heteroatoms. The Morgan fingerprint density at radius 2 is 2.28 bits per heavy atom. The van der Waals surface area contributed by atoms with Crippen LogP contribution in [0.5, 0.6) is 0 Å². The van der Waals surface area contributed by atoms with Crippen LogP contribution in [0.25, 0.3) is 5.70 Å². The highest BCUT2D eigenvalue weighted by molar-refractivity contribution is 5.77. The highest BCUT2D eigenvalue weighted by atomic mass is 15.6. The molecule has 1 fully saturated rings. The number of aromatic nitrogens is 2. The summed E-state index contributed by atoms with van der Waals surface area (Å²) in [6.45, 7) is 6.67. The number of piperidine rings is 1. The maximum absolute atomic E-state index is 5.92. The van der Waals surface area contributed by atoms with Gasteiger partial charge in [-0.15, -0.1) is 0 Å². The lowest BCUT2D eigenvalue weighted by Crippen LogP contribution is -2.43. The van der Waals surface area contributed by atoms with Crippen molar-refractivity contribution in [3.63, 3.8) is 0 Å². The molecule has 134 valence electrons.